The summed E-state index contributed by atoms with van der Waals surface area (Å²) in [5.41, 5.74) is -0.199. The molecule has 2 atom stereocenters. The zero-order valence-corrected chi connectivity index (χ0v) is 12.5. The van der Waals surface area contributed by atoms with Gasteiger partial charge in [0.1, 0.15) is 5.50 Å². The van der Waals surface area contributed by atoms with Crippen molar-refractivity contribution in [2.45, 2.75) is 50.8 Å². The minimum absolute atomic E-state index is 0.0545. The maximum atomic E-state index is 11.2. The maximum absolute atomic E-state index is 11.2. The van der Waals surface area contributed by atoms with Crippen molar-refractivity contribution in [3.05, 3.63) is 0 Å². The average Bonchev–Trinajstić information content (AvgIpc) is 2.10. The standard InChI is InChI=1S/C11H22ClNO2Si/c1-11(2,3)16(4,5)15-7-6-8-9(12)13-10(8)14/h8-9H,6-7H2,1-5H3,(H,13,14)/t8-,9+/m1/s1. The van der Waals surface area contributed by atoms with Gasteiger partial charge in [0.25, 0.3) is 0 Å². The van der Waals surface area contributed by atoms with E-state index in [9.17, 15) is 4.79 Å². The second-order valence-corrected chi connectivity index (χ2v) is 11.2. The molecule has 1 heterocycles. The molecule has 1 saturated heterocycles. The number of carbonyl (C=O) groups is 1. The molecule has 1 N–H and O–H groups in total. The predicted molar refractivity (Wildman–Crippen MR) is 69.0 cm³/mol. The van der Waals surface area contributed by atoms with Crippen LogP contribution in [0.4, 0.5) is 0 Å². The van der Waals surface area contributed by atoms with E-state index in [1.165, 1.54) is 0 Å². The normalized spacial score (nSPS) is 26.2. The van der Waals surface area contributed by atoms with Gasteiger partial charge in [0.05, 0.1) is 5.92 Å². The van der Waals surface area contributed by atoms with Crippen LogP contribution in [0.15, 0.2) is 0 Å². The Morgan fingerprint density at radius 1 is 1.44 bits per heavy atom. The Balaban J connectivity index is 2.33. The number of halogens is 1. The second-order valence-electron chi connectivity index (χ2n) is 5.91. The number of hydrogen-bond donors (Lipinski definition) is 1. The van der Waals surface area contributed by atoms with Gasteiger partial charge in [0.15, 0.2) is 8.32 Å². The van der Waals surface area contributed by atoms with Crippen molar-refractivity contribution in [1.29, 1.82) is 0 Å². The van der Waals surface area contributed by atoms with E-state index in [2.05, 4.69) is 39.2 Å². The van der Waals surface area contributed by atoms with Crippen molar-refractivity contribution < 1.29 is 9.22 Å². The Morgan fingerprint density at radius 3 is 2.38 bits per heavy atom. The lowest BCUT2D eigenvalue weighted by Crippen LogP contribution is -2.55. The van der Waals surface area contributed by atoms with E-state index in [0.717, 1.165) is 6.42 Å². The van der Waals surface area contributed by atoms with Crippen molar-refractivity contribution in [2.75, 3.05) is 6.61 Å². The first-order valence-corrected chi connectivity index (χ1v) is 9.08. The molecule has 0 aromatic heterocycles. The molecular weight excluding hydrogens is 242 g/mol. The van der Waals surface area contributed by atoms with Crippen LogP contribution in [0.1, 0.15) is 27.2 Å². The lowest BCUT2D eigenvalue weighted by Gasteiger charge is -2.38. The zero-order valence-electron chi connectivity index (χ0n) is 10.8. The largest absolute Gasteiger partial charge is 0.417 e. The first-order chi connectivity index (χ1) is 7.15. The first-order valence-electron chi connectivity index (χ1n) is 5.73. The molecule has 0 aromatic rings. The predicted octanol–water partition coefficient (Wildman–Crippen LogP) is 2.71. The van der Waals surface area contributed by atoms with E-state index >= 15 is 0 Å². The zero-order chi connectivity index (χ0) is 12.6. The van der Waals surface area contributed by atoms with Crippen LogP contribution in [-0.4, -0.2) is 26.3 Å². The molecule has 5 heteroatoms. The van der Waals surface area contributed by atoms with Gasteiger partial charge in [-0.05, 0) is 24.6 Å². The Hall–Kier alpha value is -0.0631. The summed E-state index contributed by atoms with van der Waals surface area (Å²) in [5, 5.41) is 2.83. The maximum Gasteiger partial charge on any atom is 0.227 e. The first kappa shape index (κ1) is 14.0. The van der Waals surface area contributed by atoms with Gasteiger partial charge in [-0.15, -0.1) is 0 Å². The van der Waals surface area contributed by atoms with Gasteiger partial charge < -0.3 is 9.74 Å². The fourth-order valence-electron chi connectivity index (χ4n) is 1.32. The number of hydrogen-bond acceptors (Lipinski definition) is 2. The summed E-state index contributed by atoms with van der Waals surface area (Å²) in [5.74, 6) is -0.00901. The molecule has 1 amide bonds. The topological polar surface area (TPSA) is 38.3 Å². The molecule has 0 aromatic carbocycles. The molecule has 1 aliphatic heterocycles. The van der Waals surface area contributed by atoms with Gasteiger partial charge in [0, 0.05) is 6.61 Å². The molecule has 0 aliphatic carbocycles. The van der Waals surface area contributed by atoms with E-state index in [4.69, 9.17) is 16.0 Å². The quantitative estimate of drug-likeness (QED) is 0.367. The van der Waals surface area contributed by atoms with Crippen LogP contribution in [0.2, 0.25) is 18.1 Å². The fourth-order valence-corrected chi connectivity index (χ4v) is 2.72. The molecule has 1 rings (SSSR count). The lowest BCUT2D eigenvalue weighted by molar-refractivity contribution is -0.133. The van der Waals surface area contributed by atoms with Crippen LogP contribution in [0.25, 0.3) is 0 Å². The summed E-state index contributed by atoms with van der Waals surface area (Å²) >= 11 is 5.87. The fraction of sp³-hybridized carbons (Fsp3) is 0.909. The van der Waals surface area contributed by atoms with Gasteiger partial charge in [-0.2, -0.15) is 0 Å². The highest BCUT2D eigenvalue weighted by atomic mass is 35.5. The summed E-state index contributed by atoms with van der Waals surface area (Å²) in [4.78, 5) is 11.2. The monoisotopic (exact) mass is 263 g/mol. The third-order valence-corrected chi connectivity index (χ3v) is 8.62. The van der Waals surface area contributed by atoms with Crippen molar-refractivity contribution >= 4 is 25.8 Å². The number of carbonyl (C=O) groups excluding carboxylic acids is 1. The third-order valence-electron chi connectivity index (χ3n) is 3.67. The van der Waals surface area contributed by atoms with Gasteiger partial charge in [-0.1, -0.05) is 32.4 Å². The van der Waals surface area contributed by atoms with Crippen LogP contribution in [0.5, 0.6) is 0 Å². The summed E-state index contributed by atoms with van der Waals surface area (Å²) in [6.07, 6.45) is 0.729. The molecule has 0 unspecified atom stereocenters. The Morgan fingerprint density at radius 2 is 2.00 bits per heavy atom. The molecule has 16 heavy (non-hydrogen) atoms. The molecule has 0 radical (unpaired) electrons. The molecule has 0 bridgehead atoms. The van der Waals surface area contributed by atoms with Gasteiger partial charge >= 0.3 is 0 Å². The molecule has 1 fully saturated rings. The van der Waals surface area contributed by atoms with E-state index in [1.807, 2.05) is 0 Å². The Bertz CT molecular complexity index is 276. The summed E-state index contributed by atoms with van der Waals surface area (Å²) < 4.78 is 6.00. The van der Waals surface area contributed by atoms with Crippen LogP contribution in [-0.2, 0) is 9.22 Å². The van der Waals surface area contributed by atoms with E-state index in [1.54, 1.807) is 0 Å². The van der Waals surface area contributed by atoms with Crippen molar-refractivity contribution in [2.24, 2.45) is 5.92 Å². The van der Waals surface area contributed by atoms with Gasteiger partial charge in [0.2, 0.25) is 5.91 Å². The Labute approximate surface area is 104 Å². The number of amides is 1. The number of nitrogens with one attached hydrogen (secondary N) is 1. The average molecular weight is 264 g/mol. The molecule has 94 valence electrons. The molecule has 3 nitrogen and oxygen atoms in total. The van der Waals surface area contributed by atoms with Crippen LogP contribution in [0.3, 0.4) is 0 Å². The lowest BCUT2D eigenvalue weighted by atomic mass is 9.98. The van der Waals surface area contributed by atoms with Gasteiger partial charge in [-0.3, -0.25) is 4.79 Å². The van der Waals surface area contributed by atoms with Crippen LogP contribution in [0, 0.1) is 5.92 Å². The van der Waals surface area contributed by atoms with Crippen LogP contribution < -0.4 is 5.32 Å². The smallest absolute Gasteiger partial charge is 0.227 e. The van der Waals surface area contributed by atoms with E-state index < -0.39 is 8.32 Å². The number of β-lactam (4-membered cyclic amide) rings is 1. The minimum atomic E-state index is -1.68. The van der Waals surface area contributed by atoms with Crippen LogP contribution >= 0.6 is 11.6 Å². The highest BCUT2D eigenvalue weighted by Crippen LogP contribution is 2.37. The summed E-state index contributed by atoms with van der Waals surface area (Å²) in [7, 11) is -1.68. The van der Waals surface area contributed by atoms with Crippen molar-refractivity contribution in [3.8, 4) is 0 Å². The molecule has 0 spiro atoms. The van der Waals surface area contributed by atoms with E-state index in [0.29, 0.717) is 6.61 Å². The SMILES string of the molecule is CC(C)(C)[Si](C)(C)OCC[C@H]1C(=O)N[C@@H]1Cl. The minimum Gasteiger partial charge on any atom is -0.417 e. The highest BCUT2D eigenvalue weighted by molar-refractivity contribution is 6.74. The van der Waals surface area contributed by atoms with E-state index in [-0.39, 0.29) is 22.4 Å². The summed E-state index contributed by atoms with van der Waals surface area (Å²) in [6.45, 7) is 11.7. The Kier molecular flexibility index (Phi) is 4.08. The number of rotatable bonds is 4. The summed E-state index contributed by atoms with van der Waals surface area (Å²) in [6, 6.07) is 0. The van der Waals surface area contributed by atoms with Crippen molar-refractivity contribution in [3.63, 3.8) is 0 Å². The molecular formula is C11H22ClNO2Si. The highest BCUT2D eigenvalue weighted by Gasteiger charge is 2.40. The molecule has 1 aliphatic rings. The second kappa shape index (κ2) is 4.67. The van der Waals surface area contributed by atoms with Gasteiger partial charge in [-0.25, -0.2) is 0 Å². The third kappa shape index (κ3) is 2.99. The number of alkyl halides is 1. The van der Waals surface area contributed by atoms with Crippen molar-refractivity contribution in [1.82, 2.24) is 5.32 Å². The molecule has 0 saturated carbocycles.